The molecular formula is C22H22F2N4O2. The highest BCUT2D eigenvalue weighted by Crippen LogP contribution is 2.27. The van der Waals surface area contributed by atoms with E-state index in [0.717, 1.165) is 19.4 Å². The Balaban J connectivity index is 1.32. The summed E-state index contributed by atoms with van der Waals surface area (Å²) < 4.78 is 32.2. The summed E-state index contributed by atoms with van der Waals surface area (Å²) >= 11 is 0. The first-order valence-corrected chi connectivity index (χ1v) is 9.95. The lowest BCUT2D eigenvalue weighted by molar-refractivity contribution is -0.116. The molecular weight excluding hydrogens is 390 g/mol. The number of hydrogen-bond acceptors (Lipinski definition) is 5. The molecule has 30 heavy (non-hydrogen) atoms. The molecule has 0 bridgehead atoms. The van der Waals surface area contributed by atoms with Gasteiger partial charge in [0.05, 0.1) is 11.6 Å². The van der Waals surface area contributed by atoms with Gasteiger partial charge in [-0.15, -0.1) is 0 Å². The molecule has 1 amide bonds. The lowest BCUT2D eigenvalue weighted by Crippen LogP contribution is -2.36. The Morgan fingerprint density at radius 3 is 2.77 bits per heavy atom. The maximum Gasteiger partial charge on any atom is 0.231 e. The molecule has 1 aliphatic heterocycles. The molecule has 0 saturated carbocycles. The number of aromatic nitrogens is 2. The van der Waals surface area contributed by atoms with Gasteiger partial charge in [0, 0.05) is 25.1 Å². The third-order valence-corrected chi connectivity index (χ3v) is 5.20. The molecule has 1 N–H and O–H groups in total. The van der Waals surface area contributed by atoms with Crippen molar-refractivity contribution in [1.29, 1.82) is 0 Å². The molecule has 156 valence electrons. The van der Waals surface area contributed by atoms with E-state index in [1.807, 2.05) is 0 Å². The second-order valence-electron chi connectivity index (χ2n) is 7.38. The number of hydrogen-bond donors (Lipinski definition) is 1. The van der Waals surface area contributed by atoms with Crippen LogP contribution in [0, 0.1) is 11.6 Å². The Morgan fingerprint density at radius 2 is 1.97 bits per heavy atom. The second-order valence-corrected chi connectivity index (χ2v) is 7.38. The third-order valence-electron chi connectivity index (χ3n) is 5.20. The highest BCUT2D eigenvalue weighted by molar-refractivity contribution is 5.90. The van der Waals surface area contributed by atoms with Crippen molar-refractivity contribution in [3.05, 3.63) is 66.1 Å². The average Bonchev–Trinajstić information content (AvgIpc) is 3.25. The van der Waals surface area contributed by atoms with Crippen molar-refractivity contribution in [1.82, 2.24) is 15.0 Å². The van der Waals surface area contributed by atoms with Crippen LogP contribution in [0.4, 0.5) is 14.5 Å². The summed E-state index contributed by atoms with van der Waals surface area (Å²) in [4.78, 5) is 18.8. The van der Waals surface area contributed by atoms with Crippen LogP contribution in [0.1, 0.15) is 31.1 Å². The van der Waals surface area contributed by atoms with Crippen molar-refractivity contribution in [2.75, 3.05) is 25.0 Å². The maximum atomic E-state index is 13.7. The van der Waals surface area contributed by atoms with Crippen LogP contribution in [-0.4, -0.2) is 40.6 Å². The van der Waals surface area contributed by atoms with Gasteiger partial charge >= 0.3 is 0 Å². The van der Waals surface area contributed by atoms with Gasteiger partial charge in [-0.25, -0.2) is 8.78 Å². The van der Waals surface area contributed by atoms with Crippen LogP contribution in [0.3, 0.4) is 0 Å². The Labute approximate surface area is 172 Å². The second kappa shape index (κ2) is 9.13. The predicted molar refractivity (Wildman–Crippen MR) is 108 cm³/mol. The zero-order chi connectivity index (χ0) is 20.9. The molecule has 4 rings (SSSR count). The van der Waals surface area contributed by atoms with Gasteiger partial charge in [0.25, 0.3) is 0 Å². The summed E-state index contributed by atoms with van der Waals surface area (Å²) in [5, 5.41) is 6.63. The third kappa shape index (κ3) is 4.88. The summed E-state index contributed by atoms with van der Waals surface area (Å²) in [5.41, 5.74) is 0.891. The number of rotatable bonds is 6. The molecule has 1 fully saturated rings. The molecule has 0 spiro atoms. The number of amides is 1. The van der Waals surface area contributed by atoms with E-state index in [1.165, 1.54) is 18.2 Å². The Kier molecular flexibility index (Phi) is 6.13. The molecule has 1 aliphatic rings. The SMILES string of the molecule is O=C(CCN1CCCC(c2nc(-c3ccc(F)cc3)no2)C1)Nc1ccccc1F. The number of nitrogens with one attached hydrogen (secondary N) is 1. The van der Waals surface area contributed by atoms with Gasteiger partial charge in [0.2, 0.25) is 17.6 Å². The standard InChI is InChI=1S/C22H22F2N4O2/c23-17-9-7-15(8-10-17)21-26-22(30-27-21)16-4-3-12-28(14-16)13-11-20(29)25-19-6-2-1-5-18(19)24/h1-2,5-10,16H,3-4,11-14H2,(H,25,29). The maximum absolute atomic E-state index is 13.7. The number of carbonyl (C=O) groups excluding carboxylic acids is 1. The summed E-state index contributed by atoms with van der Waals surface area (Å²) in [6, 6.07) is 12.1. The van der Waals surface area contributed by atoms with Crippen LogP contribution in [0.25, 0.3) is 11.4 Å². The van der Waals surface area contributed by atoms with Crippen molar-refractivity contribution in [2.45, 2.75) is 25.2 Å². The van der Waals surface area contributed by atoms with E-state index in [2.05, 4.69) is 20.4 Å². The first-order valence-electron chi connectivity index (χ1n) is 9.95. The van der Waals surface area contributed by atoms with E-state index in [-0.39, 0.29) is 29.8 Å². The highest BCUT2D eigenvalue weighted by atomic mass is 19.1. The summed E-state index contributed by atoms with van der Waals surface area (Å²) in [5.74, 6) is 0.0802. The number of piperidine rings is 1. The van der Waals surface area contributed by atoms with Crippen molar-refractivity contribution in [2.24, 2.45) is 0 Å². The number of benzene rings is 2. The molecule has 0 aliphatic carbocycles. The van der Waals surface area contributed by atoms with Crippen LogP contribution < -0.4 is 5.32 Å². The van der Waals surface area contributed by atoms with Crippen molar-refractivity contribution < 1.29 is 18.1 Å². The number of halogens is 2. The van der Waals surface area contributed by atoms with Crippen LogP contribution in [0.15, 0.2) is 53.1 Å². The fraction of sp³-hybridized carbons (Fsp3) is 0.318. The molecule has 1 unspecified atom stereocenters. The van der Waals surface area contributed by atoms with Crippen LogP contribution in [0.2, 0.25) is 0 Å². The molecule has 1 saturated heterocycles. The van der Waals surface area contributed by atoms with Crippen LogP contribution in [-0.2, 0) is 4.79 Å². The molecule has 2 heterocycles. The van der Waals surface area contributed by atoms with Crippen molar-refractivity contribution in [3.63, 3.8) is 0 Å². The van der Waals surface area contributed by atoms with Crippen molar-refractivity contribution in [3.8, 4) is 11.4 Å². The lowest BCUT2D eigenvalue weighted by atomic mass is 9.98. The summed E-state index contributed by atoms with van der Waals surface area (Å²) in [6.07, 6.45) is 2.14. The van der Waals surface area contributed by atoms with Gasteiger partial charge in [0.15, 0.2) is 0 Å². The molecule has 2 aromatic carbocycles. The van der Waals surface area contributed by atoms with Gasteiger partial charge in [-0.05, 0) is 55.8 Å². The lowest BCUT2D eigenvalue weighted by Gasteiger charge is -2.30. The Bertz CT molecular complexity index is 1010. The average molecular weight is 412 g/mol. The molecule has 8 heteroatoms. The monoisotopic (exact) mass is 412 g/mol. The van der Waals surface area contributed by atoms with Gasteiger partial charge in [-0.3, -0.25) is 4.79 Å². The molecule has 0 radical (unpaired) electrons. The van der Waals surface area contributed by atoms with Crippen LogP contribution >= 0.6 is 0 Å². The fourth-order valence-corrected chi connectivity index (χ4v) is 3.61. The number of likely N-dealkylation sites (tertiary alicyclic amines) is 1. The fourth-order valence-electron chi connectivity index (χ4n) is 3.61. The highest BCUT2D eigenvalue weighted by Gasteiger charge is 2.26. The van der Waals surface area contributed by atoms with Crippen LogP contribution in [0.5, 0.6) is 0 Å². The number of nitrogens with zero attached hydrogens (tertiary/aromatic N) is 3. The zero-order valence-corrected chi connectivity index (χ0v) is 16.4. The van der Waals surface area contributed by atoms with Gasteiger partial charge in [0.1, 0.15) is 11.6 Å². The van der Waals surface area contributed by atoms with E-state index in [4.69, 9.17) is 4.52 Å². The summed E-state index contributed by atoms with van der Waals surface area (Å²) in [6.45, 7) is 2.15. The number of carbonyl (C=O) groups is 1. The first-order chi connectivity index (χ1) is 14.6. The molecule has 1 aromatic heterocycles. The first kappa shape index (κ1) is 20.2. The van der Waals surface area contributed by atoms with Gasteiger partial charge < -0.3 is 14.7 Å². The predicted octanol–water partition coefficient (Wildman–Crippen LogP) is 4.22. The zero-order valence-electron chi connectivity index (χ0n) is 16.4. The minimum Gasteiger partial charge on any atom is -0.339 e. The van der Waals surface area contributed by atoms with Gasteiger partial charge in [-0.2, -0.15) is 4.98 Å². The minimum atomic E-state index is -0.447. The summed E-state index contributed by atoms with van der Waals surface area (Å²) in [7, 11) is 0. The topological polar surface area (TPSA) is 71.3 Å². The van der Waals surface area contributed by atoms with E-state index in [9.17, 15) is 13.6 Å². The minimum absolute atomic E-state index is 0.0788. The number of para-hydroxylation sites is 1. The normalized spacial score (nSPS) is 17.1. The van der Waals surface area contributed by atoms with Gasteiger partial charge in [-0.1, -0.05) is 17.3 Å². The Morgan fingerprint density at radius 1 is 1.17 bits per heavy atom. The Hall–Kier alpha value is -3.13. The van der Waals surface area contributed by atoms with E-state index in [1.54, 1.807) is 30.3 Å². The smallest absolute Gasteiger partial charge is 0.231 e. The molecule has 1 atom stereocenters. The molecule has 3 aromatic rings. The molecule has 6 nitrogen and oxygen atoms in total. The van der Waals surface area contributed by atoms with Crippen molar-refractivity contribution >= 4 is 11.6 Å². The van der Waals surface area contributed by atoms with E-state index in [0.29, 0.717) is 30.4 Å². The number of anilines is 1. The van der Waals surface area contributed by atoms with E-state index >= 15 is 0 Å². The quantitative estimate of drug-likeness (QED) is 0.656. The largest absolute Gasteiger partial charge is 0.339 e. The van der Waals surface area contributed by atoms with E-state index < -0.39 is 5.82 Å².